The maximum absolute atomic E-state index is 11.9. The van der Waals surface area contributed by atoms with Gasteiger partial charge in [0, 0.05) is 14.6 Å². The van der Waals surface area contributed by atoms with Crippen LogP contribution in [0.3, 0.4) is 0 Å². The molecule has 1 amide bonds. The van der Waals surface area contributed by atoms with E-state index in [1.54, 1.807) is 12.1 Å². The normalized spacial score (nSPS) is 10.2. The summed E-state index contributed by atoms with van der Waals surface area (Å²) in [6.45, 7) is 0. The molecule has 5 heteroatoms. The summed E-state index contributed by atoms with van der Waals surface area (Å²) in [7, 11) is 0. The van der Waals surface area contributed by atoms with Crippen LogP contribution in [0.2, 0.25) is 0 Å². The first-order valence-corrected chi connectivity index (χ1v) is 7.22. The number of carbonyl (C=O) groups excluding carboxylic acids is 1. The second-order valence-electron chi connectivity index (χ2n) is 4.09. The fraction of sp³-hybridized carbons (Fsp3) is 0.0714. The SMILES string of the molecule is Nc1cccc(CC(=O)Nc2ccc(Br)cc2Br)c1. The van der Waals surface area contributed by atoms with E-state index in [1.807, 2.05) is 30.3 Å². The molecule has 19 heavy (non-hydrogen) atoms. The van der Waals surface area contributed by atoms with Gasteiger partial charge in [0.05, 0.1) is 12.1 Å². The number of anilines is 2. The summed E-state index contributed by atoms with van der Waals surface area (Å²) < 4.78 is 1.79. The number of hydrogen-bond acceptors (Lipinski definition) is 2. The predicted molar refractivity (Wildman–Crippen MR) is 85.0 cm³/mol. The Morgan fingerprint density at radius 1 is 1.16 bits per heavy atom. The van der Waals surface area contributed by atoms with Gasteiger partial charge < -0.3 is 11.1 Å². The van der Waals surface area contributed by atoms with Crippen LogP contribution < -0.4 is 11.1 Å². The van der Waals surface area contributed by atoms with E-state index in [4.69, 9.17) is 5.73 Å². The Hall–Kier alpha value is -1.33. The van der Waals surface area contributed by atoms with Crippen LogP contribution in [0.1, 0.15) is 5.56 Å². The molecule has 2 rings (SSSR count). The van der Waals surface area contributed by atoms with E-state index in [2.05, 4.69) is 37.2 Å². The van der Waals surface area contributed by atoms with Gasteiger partial charge in [0.15, 0.2) is 0 Å². The molecule has 0 radical (unpaired) electrons. The van der Waals surface area contributed by atoms with Gasteiger partial charge in [-0.2, -0.15) is 0 Å². The molecule has 2 aromatic carbocycles. The monoisotopic (exact) mass is 382 g/mol. The first-order chi connectivity index (χ1) is 9.04. The van der Waals surface area contributed by atoms with E-state index >= 15 is 0 Å². The highest BCUT2D eigenvalue weighted by Gasteiger charge is 2.07. The molecule has 2 aromatic rings. The molecule has 0 saturated carbocycles. The number of nitrogen functional groups attached to an aromatic ring is 1. The molecular formula is C14H12Br2N2O. The number of nitrogens with one attached hydrogen (secondary N) is 1. The van der Waals surface area contributed by atoms with Crippen molar-refractivity contribution in [3.63, 3.8) is 0 Å². The fourth-order valence-corrected chi connectivity index (χ4v) is 2.82. The maximum atomic E-state index is 11.9. The molecule has 98 valence electrons. The highest BCUT2D eigenvalue weighted by Crippen LogP contribution is 2.26. The van der Waals surface area contributed by atoms with Gasteiger partial charge in [0.2, 0.25) is 5.91 Å². The zero-order chi connectivity index (χ0) is 13.8. The average molecular weight is 384 g/mol. The number of rotatable bonds is 3. The molecule has 0 aliphatic carbocycles. The highest BCUT2D eigenvalue weighted by molar-refractivity contribution is 9.11. The molecule has 3 N–H and O–H groups in total. The van der Waals surface area contributed by atoms with Gasteiger partial charge in [-0.05, 0) is 51.8 Å². The van der Waals surface area contributed by atoms with Crippen molar-refractivity contribution in [1.82, 2.24) is 0 Å². The number of carbonyl (C=O) groups is 1. The van der Waals surface area contributed by atoms with Gasteiger partial charge in [-0.1, -0.05) is 28.1 Å². The van der Waals surface area contributed by atoms with Crippen LogP contribution in [0.5, 0.6) is 0 Å². The van der Waals surface area contributed by atoms with E-state index in [9.17, 15) is 4.79 Å². The topological polar surface area (TPSA) is 55.1 Å². The molecular weight excluding hydrogens is 372 g/mol. The van der Waals surface area contributed by atoms with Gasteiger partial charge in [-0.15, -0.1) is 0 Å². The van der Waals surface area contributed by atoms with E-state index in [0.717, 1.165) is 20.2 Å². The highest BCUT2D eigenvalue weighted by atomic mass is 79.9. The van der Waals surface area contributed by atoms with Crippen LogP contribution in [-0.2, 0) is 11.2 Å². The minimum absolute atomic E-state index is 0.0753. The fourth-order valence-electron chi connectivity index (χ4n) is 1.67. The number of hydrogen-bond donors (Lipinski definition) is 2. The molecule has 0 atom stereocenters. The third kappa shape index (κ3) is 4.08. The minimum atomic E-state index is -0.0753. The van der Waals surface area contributed by atoms with Crippen molar-refractivity contribution in [3.05, 3.63) is 57.0 Å². The Bertz CT molecular complexity index is 614. The number of halogens is 2. The van der Waals surface area contributed by atoms with Crippen LogP contribution in [0.25, 0.3) is 0 Å². The van der Waals surface area contributed by atoms with Crippen molar-refractivity contribution in [2.24, 2.45) is 0 Å². The number of nitrogens with two attached hydrogens (primary N) is 1. The zero-order valence-corrected chi connectivity index (χ0v) is 13.2. The Kier molecular flexibility index (Phi) is 4.61. The van der Waals surface area contributed by atoms with Crippen LogP contribution in [0.4, 0.5) is 11.4 Å². The summed E-state index contributed by atoms with van der Waals surface area (Å²) in [5, 5.41) is 2.86. The first kappa shape index (κ1) is 14.1. The van der Waals surface area contributed by atoms with Crippen molar-refractivity contribution in [1.29, 1.82) is 0 Å². The molecule has 0 bridgehead atoms. The summed E-state index contributed by atoms with van der Waals surface area (Å²) in [4.78, 5) is 11.9. The van der Waals surface area contributed by atoms with Crippen molar-refractivity contribution in [2.75, 3.05) is 11.1 Å². The Labute approximate surface area is 128 Å². The summed E-state index contributed by atoms with van der Waals surface area (Å²) >= 11 is 6.78. The van der Waals surface area contributed by atoms with Gasteiger partial charge in [0.25, 0.3) is 0 Å². The zero-order valence-electron chi connectivity index (χ0n) is 9.99. The van der Waals surface area contributed by atoms with Crippen LogP contribution in [0.15, 0.2) is 51.4 Å². The number of amides is 1. The van der Waals surface area contributed by atoms with Gasteiger partial charge in [-0.25, -0.2) is 0 Å². The molecule has 3 nitrogen and oxygen atoms in total. The second-order valence-corrected chi connectivity index (χ2v) is 5.86. The van der Waals surface area contributed by atoms with Gasteiger partial charge in [-0.3, -0.25) is 4.79 Å². The average Bonchev–Trinajstić information content (AvgIpc) is 2.33. The molecule has 0 heterocycles. The van der Waals surface area contributed by atoms with Crippen molar-refractivity contribution in [3.8, 4) is 0 Å². The lowest BCUT2D eigenvalue weighted by atomic mass is 10.1. The van der Waals surface area contributed by atoms with Gasteiger partial charge in [0.1, 0.15) is 0 Å². The van der Waals surface area contributed by atoms with Crippen LogP contribution in [-0.4, -0.2) is 5.91 Å². The Morgan fingerprint density at radius 2 is 1.95 bits per heavy atom. The first-order valence-electron chi connectivity index (χ1n) is 5.64. The predicted octanol–water partition coefficient (Wildman–Crippen LogP) is 3.98. The van der Waals surface area contributed by atoms with E-state index in [1.165, 1.54) is 0 Å². The lowest BCUT2D eigenvalue weighted by Gasteiger charge is -2.08. The van der Waals surface area contributed by atoms with Gasteiger partial charge >= 0.3 is 0 Å². The molecule has 0 saturated heterocycles. The second kappa shape index (κ2) is 6.21. The molecule has 0 unspecified atom stereocenters. The largest absolute Gasteiger partial charge is 0.399 e. The van der Waals surface area contributed by atoms with E-state index in [-0.39, 0.29) is 5.91 Å². The summed E-state index contributed by atoms with van der Waals surface area (Å²) in [5.41, 5.74) is 7.99. The Morgan fingerprint density at radius 3 is 2.63 bits per heavy atom. The smallest absolute Gasteiger partial charge is 0.228 e. The molecule has 0 spiro atoms. The van der Waals surface area contributed by atoms with E-state index in [0.29, 0.717) is 12.1 Å². The maximum Gasteiger partial charge on any atom is 0.228 e. The molecule has 0 aliphatic rings. The summed E-state index contributed by atoms with van der Waals surface area (Å²) in [5.74, 6) is -0.0753. The quantitative estimate of drug-likeness (QED) is 0.787. The van der Waals surface area contributed by atoms with E-state index < -0.39 is 0 Å². The number of benzene rings is 2. The standard InChI is InChI=1S/C14H12Br2N2O/c15-10-4-5-13(12(16)8-10)18-14(19)7-9-2-1-3-11(17)6-9/h1-6,8H,7,17H2,(H,18,19). The molecule has 0 fully saturated rings. The van der Waals surface area contributed by atoms with Crippen molar-refractivity contribution < 1.29 is 4.79 Å². The summed E-state index contributed by atoms with van der Waals surface area (Å²) in [6, 6.07) is 12.9. The third-order valence-electron chi connectivity index (χ3n) is 2.52. The van der Waals surface area contributed by atoms with Crippen molar-refractivity contribution >= 4 is 49.1 Å². The lowest BCUT2D eigenvalue weighted by Crippen LogP contribution is -2.14. The van der Waals surface area contributed by atoms with Crippen LogP contribution >= 0.6 is 31.9 Å². The minimum Gasteiger partial charge on any atom is -0.399 e. The Balaban J connectivity index is 2.05. The third-order valence-corrected chi connectivity index (χ3v) is 3.67. The summed E-state index contributed by atoms with van der Waals surface area (Å²) in [6.07, 6.45) is 0.299. The lowest BCUT2D eigenvalue weighted by molar-refractivity contribution is -0.115. The molecule has 0 aliphatic heterocycles. The molecule has 0 aromatic heterocycles. The van der Waals surface area contributed by atoms with Crippen LogP contribution in [0, 0.1) is 0 Å². The van der Waals surface area contributed by atoms with Crippen molar-refractivity contribution in [2.45, 2.75) is 6.42 Å².